The van der Waals surface area contributed by atoms with E-state index < -0.39 is 139 Å². The van der Waals surface area contributed by atoms with Crippen molar-refractivity contribution in [2.24, 2.45) is 34.4 Å². The highest BCUT2D eigenvalue weighted by Crippen LogP contribution is 2.39. The minimum absolute atomic E-state index is 0.00552. The van der Waals surface area contributed by atoms with Crippen LogP contribution in [0.1, 0.15) is 42.1 Å². The van der Waals surface area contributed by atoms with Gasteiger partial charge in [0.1, 0.15) is 78.1 Å². The van der Waals surface area contributed by atoms with Crippen molar-refractivity contribution in [2.75, 3.05) is 56.0 Å². The molecule has 2 aromatic heterocycles. The van der Waals surface area contributed by atoms with Crippen LogP contribution in [0.4, 0.5) is 15.8 Å². The minimum Gasteiger partial charge on any atom is -0.477 e. The van der Waals surface area contributed by atoms with Gasteiger partial charge in [-0.05, 0) is 49.9 Å². The van der Waals surface area contributed by atoms with E-state index in [0.29, 0.717) is 55.2 Å². The third kappa shape index (κ3) is 12.1. The number of carbonyl (C=O) groups excluding carboxylic acids is 1. The molecule has 0 radical (unpaired) electrons. The first-order valence-corrected chi connectivity index (χ1v) is 27.1. The zero-order valence-corrected chi connectivity index (χ0v) is 44.0. The molecular weight excluding hydrogens is 1070 g/mol. The molecule has 2 saturated carbocycles. The number of aryl methyl sites for hydroxylation is 1. The zero-order chi connectivity index (χ0) is 57.7. The van der Waals surface area contributed by atoms with Gasteiger partial charge in [0, 0.05) is 93.3 Å². The summed E-state index contributed by atoms with van der Waals surface area (Å²) in [5, 5.41) is 86.8. The highest BCUT2D eigenvalue weighted by atomic mass is 19.1. The maximum atomic E-state index is 15.6. The molecule has 0 spiro atoms. The number of nitrogens with two attached hydrogens (primary N) is 6. The van der Waals surface area contributed by atoms with E-state index >= 15 is 4.39 Å². The number of nitrogens with one attached hydrogen (secondary N) is 1. The smallest absolute Gasteiger partial charge is 0.341 e. The van der Waals surface area contributed by atoms with Crippen LogP contribution in [-0.2, 0) is 39.8 Å². The molecule has 1 amide bonds. The molecular formula is C51H72FN13O16. The second kappa shape index (κ2) is 24.5. The summed E-state index contributed by atoms with van der Waals surface area (Å²) in [6.07, 6.45) is -17.0. The number of hydrogen-bond donors (Lipinski definition) is 14. The lowest BCUT2D eigenvalue weighted by molar-refractivity contribution is -0.306. The van der Waals surface area contributed by atoms with Gasteiger partial charge in [0.15, 0.2) is 25.0 Å². The third-order valence-electron chi connectivity index (χ3n) is 16.2. The summed E-state index contributed by atoms with van der Waals surface area (Å²) in [6, 6.07) is 4.82. The predicted molar refractivity (Wildman–Crippen MR) is 282 cm³/mol. The van der Waals surface area contributed by atoms with Crippen molar-refractivity contribution in [1.82, 2.24) is 24.5 Å². The van der Waals surface area contributed by atoms with Gasteiger partial charge in [-0.1, -0.05) is 17.3 Å². The number of amides is 1. The Balaban J connectivity index is 0.769. The van der Waals surface area contributed by atoms with Crippen LogP contribution in [0.25, 0.3) is 22.2 Å². The van der Waals surface area contributed by atoms with Crippen LogP contribution in [-0.4, -0.2) is 234 Å². The maximum absolute atomic E-state index is 15.6. The van der Waals surface area contributed by atoms with E-state index in [1.165, 1.54) is 6.20 Å². The van der Waals surface area contributed by atoms with Crippen LogP contribution < -0.4 is 50.0 Å². The molecule has 19 atom stereocenters. The molecule has 2 aliphatic carbocycles. The van der Waals surface area contributed by atoms with E-state index in [-0.39, 0.29) is 42.2 Å². The molecule has 4 aliphatic heterocycles. The molecule has 6 fully saturated rings. The number of aliphatic hydroxyl groups is 6. The number of carbonyl (C=O) groups is 2. The van der Waals surface area contributed by atoms with Gasteiger partial charge in [-0.15, -0.1) is 5.10 Å². The quantitative estimate of drug-likeness (QED) is 0.0442. The number of rotatable bonds is 18. The van der Waals surface area contributed by atoms with Gasteiger partial charge >= 0.3 is 5.97 Å². The molecule has 0 unspecified atom stereocenters. The summed E-state index contributed by atoms with van der Waals surface area (Å²) in [5.74, 6) is -2.77. The van der Waals surface area contributed by atoms with Crippen LogP contribution in [0.15, 0.2) is 53.6 Å². The Kier molecular flexibility index (Phi) is 17.8. The predicted octanol–water partition coefficient (Wildman–Crippen LogP) is -5.29. The van der Waals surface area contributed by atoms with Crippen molar-refractivity contribution in [3.8, 4) is 11.3 Å². The van der Waals surface area contributed by atoms with E-state index in [0.717, 1.165) is 31.9 Å². The number of aromatic nitrogens is 4. The Morgan fingerprint density at radius 3 is 1.95 bits per heavy atom. The van der Waals surface area contributed by atoms with Crippen LogP contribution in [0, 0.1) is 5.82 Å². The Morgan fingerprint density at radius 2 is 1.35 bits per heavy atom. The lowest BCUT2D eigenvalue weighted by atomic mass is 9.84. The van der Waals surface area contributed by atoms with Crippen LogP contribution >= 0.6 is 0 Å². The van der Waals surface area contributed by atoms with E-state index in [2.05, 4.69) is 20.5 Å². The molecule has 4 aromatic rings. The van der Waals surface area contributed by atoms with Gasteiger partial charge in [-0.2, -0.15) is 0 Å². The van der Waals surface area contributed by atoms with Crippen LogP contribution in [0.3, 0.4) is 0 Å². The Hall–Kier alpha value is -5.30. The van der Waals surface area contributed by atoms with E-state index in [1.54, 1.807) is 45.8 Å². The lowest BCUT2D eigenvalue weighted by Crippen LogP contribution is -2.68. The first-order valence-electron chi connectivity index (χ1n) is 27.1. The highest BCUT2D eigenvalue weighted by molar-refractivity contribution is 5.95. The highest BCUT2D eigenvalue weighted by Gasteiger charge is 2.56. The monoisotopic (exact) mass is 1140 g/mol. The topological polar surface area (TPSA) is 458 Å². The summed E-state index contributed by atoms with van der Waals surface area (Å²) >= 11 is 0. The van der Waals surface area contributed by atoms with Crippen LogP contribution in [0.2, 0.25) is 0 Å². The molecule has 20 N–H and O–H groups in total. The molecule has 6 heterocycles. The fourth-order valence-corrected chi connectivity index (χ4v) is 11.3. The number of fused-ring (bicyclic) bond motifs is 1. The molecule has 0 bridgehead atoms. The van der Waals surface area contributed by atoms with Gasteiger partial charge in [0.05, 0.1) is 35.6 Å². The third-order valence-corrected chi connectivity index (χ3v) is 16.2. The number of nitrogens with zero attached hydrogens (tertiary/aromatic N) is 6. The SMILES string of the molecule is NC[C@@H]1O[C@H](O[C@H]2[C@@H](O)[C@H](O[C@@H]3[C@@H](O)[C@H](N)C[C@H](N)[C@H]3O[C@H]3O[C@H](CN)[C@@H](O)[C@H](O)[C@H]3N)O[C@@H]2C(=O)Nc2ccc(-c3cn(CCCN4CCN(c5cc6c(cc5F)c(=O)c(C(=O)O)cn6C5CC5)CC4)nn3)cc2)[C@H](N)[C@@H](O)[C@@H]1O. The van der Waals surface area contributed by atoms with Crippen LogP contribution in [0.5, 0.6) is 0 Å². The second-order valence-electron chi connectivity index (χ2n) is 21.7. The van der Waals surface area contributed by atoms with Gasteiger partial charge < -0.3 is 113 Å². The van der Waals surface area contributed by atoms with Crippen molar-refractivity contribution in [1.29, 1.82) is 0 Å². The van der Waals surface area contributed by atoms with Crippen molar-refractivity contribution in [3.63, 3.8) is 0 Å². The van der Waals surface area contributed by atoms with Gasteiger partial charge in [-0.25, -0.2) is 9.18 Å². The number of benzene rings is 2. The summed E-state index contributed by atoms with van der Waals surface area (Å²) < 4.78 is 55.2. The standard InChI is InChI=1S/C51H72FN13O16/c52-26-14-24-30(65(23-6-7-23)19-25(36(24)66)48(74)75)16-31(26)63-12-10-62(11-13-63)8-1-9-64-20-29(60-61-64)21-2-4-22(5-3-21)59-47(73)46-45(79-50-35(58)41(71)39(69)33(18-54)77-50)42(72)51(81-46)80-44-37(67)27(55)15-28(56)43(44)78-49-34(57)40(70)38(68)32(17-53)76-49/h2-5,14,16,19-20,23,27-28,32-35,37-46,49-51,67-72H,1,6-13,15,17-18,53-58H2,(H,59,73)(H,74,75)/t27-,28+,32-,33+,34-,35-,37+,38-,39-,40-,41-,42-,43-,44-,45+,46+,49-,50-,51-/m1/s1. The Bertz CT molecular complexity index is 2910. The summed E-state index contributed by atoms with van der Waals surface area (Å²) in [4.78, 5) is 43.2. The Labute approximate surface area is 462 Å². The zero-order valence-electron chi connectivity index (χ0n) is 44.0. The van der Waals surface area contributed by atoms with Crippen molar-refractivity contribution < 1.29 is 78.1 Å². The molecule has 4 saturated heterocycles. The molecule has 10 rings (SSSR count). The normalized spacial score (nSPS) is 35.8. The number of hydrogen-bond acceptors (Lipinski definition) is 25. The molecule has 81 heavy (non-hydrogen) atoms. The van der Waals surface area contributed by atoms with E-state index in [4.69, 9.17) is 62.8 Å². The van der Waals surface area contributed by atoms with E-state index in [9.17, 15) is 50.1 Å². The minimum atomic E-state index is -1.86. The maximum Gasteiger partial charge on any atom is 0.341 e. The molecule has 6 aliphatic rings. The Morgan fingerprint density at radius 1 is 0.728 bits per heavy atom. The fraction of sp³-hybridized carbons (Fsp3) is 0.627. The molecule has 444 valence electrons. The number of anilines is 2. The summed E-state index contributed by atoms with van der Waals surface area (Å²) in [5.41, 5.74) is 38.1. The number of ether oxygens (including phenoxy) is 6. The molecule has 2 aromatic carbocycles. The second-order valence-corrected chi connectivity index (χ2v) is 21.7. The van der Waals surface area contributed by atoms with Gasteiger partial charge in [0.25, 0.3) is 5.91 Å². The van der Waals surface area contributed by atoms with Gasteiger partial charge in [0.2, 0.25) is 5.43 Å². The number of pyridine rings is 1. The molecule has 30 heteroatoms. The average molecular weight is 1140 g/mol. The van der Waals surface area contributed by atoms with Crippen molar-refractivity contribution in [2.45, 2.75) is 155 Å². The first kappa shape index (κ1) is 58.9. The van der Waals surface area contributed by atoms with Gasteiger partial charge in [-0.3, -0.25) is 19.2 Å². The molecule has 29 nitrogen and oxygen atoms in total. The van der Waals surface area contributed by atoms with Crippen molar-refractivity contribution >= 4 is 34.2 Å². The number of aromatic carboxylic acids is 1. The summed E-state index contributed by atoms with van der Waals surface area (Å²) in [7, 11) is 0. The first-order chi connectivity index (χ1) is 38.7. The van der Waals surface area contributed by atoms with E-state index in [1.807, 2.05) is 4.90 Å². The lowest BCUT2D eigenvalue weighted by Gasteiger charge is -2.47. The number of carboxylic acids is 1. The summed E-state index contributed by atoms with van der Waals surface area (Å²) in [6.45, 7) is 3.21. The number of carboxylic acid groups (broad SMARTS) is 1. The largest absolute Gasteiger partial charge is 0.477 e. The number of piperazine rings is 1. The fourth-order valence-electron chi connectivity index (χ4n) is 11.3. The number of halogens is 1. The van der Waals surface area contributed by atoms with Crippen molar-refractivity contribution in [3.05, 3.63) is 70.4 Å². The average Bonchev–Trinajstić information content (AvgIpc) is 4.18. The number of aliphatic hydroxyl groups excluding tert-OH is 6.